The van der Waals surface area contributed by atoms with E-state index in [1.807, 2.05) is 25.3 Å². The highest BCUT2D eigenvalue weighted by atomic mass is 35.5. The van der Waals surface area contributed by atoms with Gasteiger partial charge in [-0.15, -0.1) is 0 Å². The summed E-state index contributed by atoms with van der Waals surface area (Å²) in [7, 11) is 0. The molecular formula is C11H12ClFN4. The third-order valence-electron chi connectivity index (χ3n) is 2.43. The van der Waals surface area contributed by atoms with Crippen molar-refractivity contribution < 1.29 is 4.39 Å². The summed E-state index contributed by atoms with van der Waals surface area (Å²) >= 11 is 5.65. The third-order valence-corrected chi connectivity index (χ3v) is 2.61. The number of hydrogen-bond donors (Lipinski definition) is 0. The Hall–Kier alpha value is -1.49. The molecular weight excluding hydrogens is 243 g/mol. The standard InChI is InChI=1S/C11H12ClFN4/c1-6(2)17-5-9(15-7(17)3)10-8(13)4-14-11(12)16-10/h4-6H,1-3H3. The Bertz CT molecular complexity index is 550. The molecule has 2 rings (SSSR count). The number of imidazole rings is 1. The molecule has 17 heavy (non-hydrogen) atoms. The van der Waals surface area contributed by atoms with Crippen molar-refractivity contribution in [2.75, 3.05) is 0 Å². The first-order valence-corrected chi connectivity index (χ1v) is 5.60. The molecule has 0 N–H and O–H groups in total. The molecule has 90 valence electrons. The van der Waals surface area contributed by atoms with Gasteiger partial charge in [-0.3, -0.25) is 0 Å². The third kappa shape index (κ3) is 2.29. The van der Waals surface area contributed by atoms with Crippen LogP contribution in [0.2, 0.25) is 5.28 Å². The minimum atomic E-state index is -0.525. The Morgan fingerprint density at radius 2 is 2.06 bits per heavy atom. The van der Waals surface area contributed by atoms with E-state index in [-0.39, 0.29) is 17.0 Å². The Labute approximate surface area is 103 Å². The number of rotatable bonds is 2. The van der Waals surface area contributed by atoms with E-state index in [1.54, 1.807) is 6.20 Å². The number of aryl methyl sites for hydroxylation is 1. The molecule has 0 atom stereocenters. The second-order valence-corrected chi connectivity index (χ2v) is 4.35. The summed E-state index contributed by atoms with van der Waals surface area (Å²) in [5, 5.41) is 0.0122. The summed E-state index contributed by atoms with van der Waals surface area (Å²) in [4.78, 5) is 11.7. The van der Waals surface area contributed by atoms with Gasteiger partial charge in [0.1, 0.15) is 17.2 Å². The Balaban J connectivity index is 2.53. The zero-order valence-corrected chi connectivity index (χ0v) is 10.5. The van der Waals surface area contributed by atoms with Crippen LogP contribution in [0, 0.1) is 12.7 Å². The quantitative estimate of drug-likeness (QED) is 0.774. The Morgan fingerprint density at radius 1 is 1.35 bits per heavy atom. The van der Waals surface area contributed by atoms with Crippen LogP contribution in [0.5, 0.6) is 0 Å². The maximum absolute atomic E-state index is 13.6. The maximum Gasteiger partial charge on any atom is 0.223 e. The van der Waals surface area contributed by atoms with Crippen LogP contribution in [0.15, 0.2) is 12.4 Å². The van der Waals surface area contributed by atoms with Crippen LogP contribution in [0.25, 0.3) is 11.4 Å². The maximum atomic E-state index is 13.6. The molecule has 0 amide bonds. The van der Waals surface area contributed by atoms with Gasteiger partial charge in [0.15, 0.2) is 5.82 Å². The second kappa shape index (κ2) is 4.41. The van der Waals surface area contributed by atoms with E-state index in [0.717, 1.165) is 12.0 Å². The number of hydrogen-bond acceptors (Lipinski definition) is 3. The van der Waals surface area contributed by atoms with Gasteiger partial charge < -0.3 is 4.57 Å². The first kappa shape index (κ1) is 12.0. The van der Waals surface area contributed by atoms with Gasteiger partial charge in [-0.2, -0.15) is 0 Å². The fraction of sp³-hybridized carbons (Fsp3) is 0.364. The lowest BCUT2D eigenvalue weighted by atomic mass is 10.3. The Morgan fingerprint density at radius 3 is 2.65 bits per heavy atom. The summed E-state index contributed by atoms with van der Waals surface area (Å²) in [5.74, 6) is 0.284. The van der Waals surface area contributed by atoms with Crippen LogP contribution in [0.3, 0.4) is 0 Å². The molecule has 2 heterocycles. The summed E-state index contributed by atoms with van der Waals surface area (Å²) in [5.41, 5.74) is 0.602. The lowest BCUT2D eigenvalue weighted by Crippen LogP contribution is -2.00. The number of aromatic nitrogens is 4. The lowest BCUT2D eigenvalue weighted by molar-refractivity contribution is 0.582. The van der Waals surface area contributed by atoms with Crippen LogP contribution in [0.1, 0.15) is 25.7 Å². The van der Waals surface area contributed by atoms with E-state index in [1.165, 1.54) is 0 Å². The van der Waals surface area contributed by atoms with Gasteiger partial charge in [0.2, 0.25) is 5.28 Å². The van der Waals surface area contributed by atoms with E-state index < -0.39 is 5.82 Å². The second-order valence-electron chi connectivity index (χ2n) is 4.01. The number of halogens is 2. The van der Waals surface area contributed by atoms with Crippen LogP contribution < -0.4 is 0 Å². The van der Waals surface area contributed by atoms with Crippen molar-refractivity contribution in [1.29, 1.82) is 0 Å². The molecule has 0 aliphatic carbocycles. The van der Waals surface area contributed by atoms with E-state index in [4.69, 9.17) is 11.6 Å². The zero-order chi connectivity index (χ0) is 12.6. The van der Waals surface area contributed by atoms with E-state index in [2.05, 4.69) is 15.0 Å². The molecule has 0 saturated carbocycles. The van der Waals surface area contributed by atoms with Crippen molar-refractivity contribution in [2.24, 2.45) is 0 Å². The van der Waals surface area contributed by atoms with Crippen molar-refractivity contribution in [2.45, 2.75) is 26.8 Å². The summed E-state index contributed by atoms with van der Waals surface area (Å²) in [6.07, 6.45) is 2.82. The minimum Gasteiger partial charge on any atom is -0.332 e. The van der Waals surface area contributed by atoms with Crippen molar-refractivity contribution in [3.05, 3.63) is 29.3 Å². The molecule has 0 saturated heterocycles. The fourth-order valence-electron chi connectivity index (χ4n) is 1.65. The lowest BCUT2D eigenvalue weighted by Gasteiger charge is -2.07. The van der Waals surface area contributed by atoms with E-state index >= 15 is 0 Å². The average molecular weight is 255 g/mol. The first-order chi connectivity index (χ1) is 7.99. The van der Waals surface area contributed by atoms with Crippen LogP contribution in [-0.4, -0.2) is 19.5 Å². The highest BCUT2D eigenvalue weighted by Gasteiger charge is 2.14. The van der Waals surface area contributed by atoms with Crippen LogP contribution in [0.4, 0.5) is 4.39 Å². The van der Waals surface area contributed by atoms with Gasteiger partial charge >= 0.3 is 0 Å². The Kier molecular flexibility index (Phi) is 3.11. The summed E-state index contributed by atoms with van der Waals surface area (Å²) in [6.45, 7) is 5.92. The topological polar surface area (TPSA) is 43.6 Å². The van der Waals surface area contributed by atoms with E-state index in [9.17, 15) is 4.39 Å². The molecule has 0 aliphatic heterocycles. The van der Waals surface area contributed by atoms with Gasteiger partial charge in [0, 0.05) is 12.2 Å². The zero-order valence-electron chi connectivity index (χ0n) is 9.78. The molecule has 0 radical (unpaired) electrons. The molecule has 0 aliphatic rings. The van der Waals surface area contributed by atoms with Crippen LogP contribution in [-0.2, 0) is 0 Å². The SMILES string of the molecule is Cc1nc(-c2nc(Cl)ncc2F)cn1C(C)C. The summed E-state index contributed by atoms with van der Waals surface area (Å²) in [6, 6.07) is 0.261. The van der Waals surface area contributed by atoms with Gasteiger partial charge in [0.05, 0.1) is 6.20 Å². The number of nitrogens with zero attached hydrogens (tertiary/aromatic N) is 4. The van der Waals surface area contributed by atoms with Crippen molar-refractivity contribution in [1.82, 2.24) is 19.5 Å². The summed E-state index contributed by atoms with van der Waals surface area (Å²) < 4.78 is 15.5. The van der Waals surface area contributed by atoms with Crippen molar-refractivity contribution in [3.8, 4) is 11.4 Å². The molecule has 2 aromatic heterocycles. The highest BCUT2D eigenvalue weighted by molar-refractivity contribution is 6.28. The van der Waals surface area contributed by atoms with Crippen molar-refractivity contribution >= 4 is 11.6 Å². The predicted octanol–water partition coefficient (Wildman–Crippen LogP) is 3.02. The minimum absolute atomic E-state index is 0.0122. The monoisotopic (exact) mass is 254 g/mol. The average Bonchev–Trinajstić information content (AvgIpc) is 2.64. The van der Waals surface area contributed by atoms with Crippen LogP contribution >= 0.6 is 11.6 Å². The largest absolute Gasteiger partial charge is 0.332 e. The first-order valence-electron chi connectivity index (χ1n) is 5.23. The molecule has 0 unspecified atom stereocenters. The van der Waals surface area contributed by atoms with E-state index in [0.29, 0.717) is 5.69 Å². The molecule has 0 aromatic carbocycles. The van der Waals surface area contributed by atoms with Crippen molar-refractivity contribution in [3.63, 3.8) is 0 Å². The highest BCUT2D eigenvalue weighted by Crippen LogP contribution is 2.22. The smallest absolute Gasteiger partial charge is 0.223 e. The molecule has 0 fully saturated rings. The molecule has 0 bridgehead atoms. The predicted molar refractivity (Wildman–Crippen MR) is 63.3 cm³/mol. The molecule has 4 nitrogen and oxygen atoms in total. The molecule has 2 aromatic rings. The van der Waals surface area contributed by atoms with Gasteiger partial charge in [-0.05, 0) is 32.4 Å². The molecule has 6 heteroatoms. The van der Waals surface area contributed by atoms with Gasteiger partial charge in [0.25, 0.3) is 0 Å². The van der Waals surface area contributed by atoms with Gasteiger partial charge in [-0.25, -0.2) is 19.3 Å². The fourth-order valence-corrected chi connectivity index (χ4v) is 1.78. The molecule has 0 spiro atoms. The normalized spacial score (nSPS) is 11.2. The van der Waals surface area contributed by atoms with Gasteiger partial charge in [-0.1, -0.05) is 0 Å².